The summed E-state index contributed by atoms with van der Waals surface area (Å²) in [6, 6.07) is 8.09. The molecule has 0 aliphatic carbocycles. The van der Waals surface area contributed by atoms with E-state index < -0.39 is 5.72 Å². The van der Waals surface area contributed by atoms with Gasteiger partial charge in [-0.2, -0.15) is 0 Å². The molecule has 5 aliphatic heterocycles. The van der Waals surface area contributed by atoms with Crippen LogP contribution in [0.3, 0.4) is 0 Å². The van der Waals surface area contributed by atoms with Gasteiger partial charge in [-0.1, -0.05) is 82.4 Å². The van der Waals surface area contributed by atoms with E-state index in [1.807, 2.05) is 4.90 Å². The van der Waals surface area contributed by atoms with Crippen molar-refractivity contribution in [2.24, 2.45) is 16.5 Å². The monoisotopic (exact) mass is 721 g/mol. The lowest BCUT2D eigenvalue weighted by Gasteiger charge is -2.53. The van der Waals surface area contributed by atoms with Crippen LogP contribution in [0.2, 0.25) is 0 Å². The topological polar surface area (TPSA) is 118 Å². The second-order valence-corrected chi connectivity index (χ2v) is 16.7. The van der Waals surface area contributed by atoms with Gasteiger partial charge in [-0.25, -0.2) is 4.99 Å². The number of nitrogens with one attached hydrogen (secondary N) is 1. The summed E-state index contributed by atoms with van der Waals surface area (Å²) in [4.78, 5) is 22.6. The minimum Gasteiger partial charge on any atom is -0.356 e. The zero-order valence-corrected chi connectivity index (χ0v) is 32.5. The molecule has 52 heavy (non-hydrogen) atoms. The zero-order valence-electron chi connectivity index (χ0n) is 32.5. The van der Waals surface area contributed by atoms with E-state index in [4.69, 9.17) is 25.9 Å². The molecule has 9 heteroatoms. The van der Waals surface area contributed by atoms with Gasteiger partial charge >= 0.3 is 0 Å². The lowest BCUT2D eigenvalue weighted by molar-refractivity contribution is -0.133. The zero-order chi connectivity index (χ0) is 36.1. The first-order valence-corrected chi connectivity index (χ1v) is 21.8. The SMILES string of the molecule is NCCCCN(CCCN)C(=O)CCCCCCCCCCCCCCc1ccc2c(c1)[C@@H]1C[C@]3(CCCCO3)N=C3N[C@]4(CCCCO4)C[C@H]2N31. The minimum atomic E-state index is -0.392. The first-order chi connectivity index (χ1) is 25.6. The Morgan fingerprint density at radius 1 is 0.750 bits per heavy atom. The Labute approximate surface area is 315 Å². The molecule has 2 spiro atoms. The van der Waals surface area contributed by atoms with Crippen molar-refractivity contribution >= 4 is 11.9 Å². The van der Waals surface area contributed by atoms with Gasteiger partial charge < -0.3 is 36.1 Å². The van der Waals surface area contributed by atoms with Crippen LogP contribution in [-0.4, -0.2) is 72.5 Å². The first kappa shape index (κ1) is 39.5. The Balaban J connectivity index is 0.858. The fourth-order valence-electron chi connectivity index (χ4n) is 9.68. The number of guanidine groups is 1. The van der Waals surface area contributed by atoms with Gasteiger partial charge in [-0.05, 0) is 107 Å². The van der Waals surface area contributed by atoms with Crippen molar-refractivity contribution in [3.63, 3.8) is 0 Å². The van der Waals surface area contributed by atoms with E-state index >= 15 is 0 Å². The minimum absolute atomic E-state index is 0.295. The van der Waals surface area contributed by atoms with E-state index in [9.17, 15) is 4.79 Å². The molecule has 6 rings (SSSR count). The molecule has 0 radical (unpaired) electrons. The molecule has 0 aromatic heterocycles. The molecule has 0 bridgehead atoms. The number of hydrogen-bond acceptors (Lipinski definition) is 8. The summed E-state index contributed by atoms with van der Waals surface area (Å²) in [6.45, 7) is 4.60. The summed E-state index contributed by atoms with van der Waals surface area (Å²) in [5.41, 5.74) is 15.1. The first-order valence-electron chi connectivity index (χ1n) is 21.8. The quantitative estimate of drug-likeness (QED) is 0.104. The standard InChI is InChI=1S/C43H72N6O3/c44-26-15-16-28-48(29-19-27-45)40(50)21-12-10-8-6-4-2-1-3-5-7-9-11-20-35-22-23-36-37(32-35)39-34-43(25-14-18-31-52-43)47-41-46-42(24-13-17-30-51-42)33-38(36)49(39)41/h22-23,32,38-39H,1-21,24-31,33-34,44-45H2,(H,46,47)/t38-,39+,42+,43-/m1/s1. The molecule has 1 amide bonds. The van der Waals surface area contributed by atoms with Crippen molar-refractivity contribution in [3.8, 4) is 0 Å². The maximum Gasteiger partial charge on any atom is 0.222 e. The maximum absolute atomic E-state index is 12.7. The Kier molecular flexibility index (Phi) is 15.1. The number of unbranched alkanes of at least 4 members (excludes halogenated alkanes) is 12. The lowest BCUT2D eigenvalue weighted by Crippen LogP contribution is -2.65. The Bertz CT molecular complexity index is 1280. The van der Waals surface area contributed by atoms with Gasteiger partial charge in [0.1, 0.15) is 5.72 Å². The van der Waals surface area contributed by atoms with Crippen LogP contribution in [0, 0.1) is 0 Å². The van der Waals surface area contributed by atoms with Crippen LogP contribution in [0.15, 0.2) is 23.2 Å². The number of carbonyl (C=O) groups is 1. The van der Waals surface area contributed by atoms with Crippen molar-refractivity contribution in [1.29, 1.82) is 0 Å². The number of ether oxygens (including phenoxy) is 2. The van der Waals surface area contributed by atoms with E-state index in [2.05, 4.69) is 28.4 Å². The Morgan fingerprint density at radius 2 is 1.40 bits per heavy atom. The highest BCUT2D eigenvalue weighted by molar-refractivity contribution is 5.85. The molecule has 1 aromatic rings. The summed E-state index contributed by atoms with van der Waals surface area (Å²) >= 11 is 0. The molecule has 5 aliphatic rings. The molecule has 3 fully saturated rings. The molecule has 5 heterocycles. The van der Waals surface area contributed by atoms with Crippen LogP contribution in [0.25, 0.3) is 0 Å². The Morgan fingerprint density at radius 3 is 2.08 bits per heavy atom. The van der Waals surface area contributed by atoms with Gasteiger partial charge in [-0.3, -0.25) is 4.79 Å². The lowest BCUT2D eigenvalue weighted by atomic mass is 9.89. The summed E-state index contributed by atoms with van der Waals surface area (Å²) in [7, 11) is 0. The average Bonchev–Trinajstić information content (AvgIpc) is 3.45. The third kappa shape index (κ3) is 10.3. The largest absolute Gasteiger partial charge is 0.356 e. The van der Waals surface area contributed by atoms with Crippen molar-refractivity contribution in [1.82, 2.24) is 15.1 Å². The number of benzene rings is 1. The predicted molar refractivity (Wildman–Crippen MR) is 211 cm³/mol. The fraction of sp³-hybridized carbons (Fsp3) is 0.814. The van der Waals surface area contributed by atoms with Gasteiger partial charge in [0.2, 0.25) is 5.91 Å². The second kappa shape index (κ2) is 19.9. The second-order valence-electron chi connectivity index (χ2n) is 16.7. The van der Waals surface area contributed by atoms with Crippen LogP contribution < -0.4 is 16.8 Å². The van der Waals surface area contributed by atoms with Gasteiger partial charge in [0, 0.05) is 45.6 Å². The maximum atomic E-state index is 12.7. The van der Waals surface area contributed by atoms with E-state index in [-0.39, 0.29) is 5.72 Å². The molecule has 0 saturated carbocycles. The molecular formula is C43H72N6O3. The number of fused-ring (bicyclic) bond motifs is 3. The van der Waals surface area contributed by atoms with Gasteiger partial charge in [0.25, 0.3) is 0 Å². The highest BCUT2D eigenvalue weighted by Crippen LogP contribution is 2.55. The van der Waals surface area contributed by atoms with E-state index in [1.165, 1.54) is 107 Å². The van der Waals surface area contributed by atoms with Crippen molar-refractivity contribution in [3.05, 3.63) is 34.9 Å². The molecule has 292 valence electrons. The third-order valence-corrected chi connectivity index (χ3v) is 12.6. The highest BCUT2D eigenvalue weighted by atomic mass is 16.5. The molecule has 3 saturated heterocycles. The number of hydrogen-bond donors (Lipinski definition) is 3. The summed E-state index contributed by atoms with van der Waals surface area (Å²) in [5.74, 6) is 1.32. The van der Waals surface area contributed by atoms with Crippen LogP contribution in [0.1, 0.15) is 183 Å². The number of aryl methyl sites for hydroxylation is 1. The van der Waals surface area contributed by atoms with Gasteiger partial charge in [0.05, 0.1) is 12.1 Å². The summed E-state index contributed by atoms with van der Waals surface area (Å²) in [6.07, 6.45) is 28.9. The number of nitrogens with zero attached hydrogens (tertiary/aromatic N) is 3. The van der Waals surface area contributed by atoms with Gasteiger partial charge in [0.15, 0.2) is 11.7 Å². The summed E-state index contributed by atoms with van der Waals surface area (Å²) in [5, 5.41) is 3.85. The van der Waals surface area contributed by atoms with Crippen LogP contribution in [-0.2, 0) is 20.7 Å². The predicted octanol–water partition coefficient (Wildman–Crippen LogP) is 8.16. The molecular weight excluding hydrogens is 649 g/mol. The van der Waals surface area contributed by atoms with Crippen LogP contribution >= 0.6 is 0 Å². The smallest absolute Gasteiger partial charge is 0.222 e. The third-order valence-electron chi connectivity index (χ3n) is 12.6. The molecule has 4 atom stereocenters. The number of nitrogens with two attached hydrogens (primary N) is 2. The number of carbonyl (C=O) groups excluding carboxylic acids is 1. The molecule has 5 N–H and O–H groups in total. The Hall–Kier alpha value is -2.20. The van der Waals surface area contributed by atoms with Crippen LogP contribution in [0.4, 0.5) is 0 Å². The molecule has 0 unspecified atom stereocenters. The molecule has 9 nitrogen and oxygen atoms in total. The van der Waals surface area contributed by atoms with Crippen LogP contribution in [0.5, 0.6) is 0 Å². The fourth-order valence-corrected chi connectivity index (χ4v) is 9.68. The summed E-state index contributed by atoms with van der Waals surface area (Å²) < 4.78 is 13.0. The molecule has 1 aromatic carbocycles. The van der Waals surface area contributed by atoms with E-state index in [0.717, 1.165) is 96.5 Å². The highest BCUT2D eigenvalue weighted by Gasteiger charge is 2.56. The average molecular weight is 721 g/mol. The number of aliphatic imine (C=N–C) groups is 1. The number of rotatable bonds is 22. The van der Waals surface area contributed by atoms with E-state index in [1.54, 1.807) is 0 Å². The van der Waals surface area contributed by atoms with Crippen molar-refractivity contribution < 1.29 is 14.3 Å². The normalized spacial score (nSPS) is 26.3. The van der Waals surface area contributed by atoms with Crippen molar-refractivity contribution in [2.45, 2.75) is 184 Å². The number of amides is 1. The van der Waals surface area contributed by atoms with E-state index in [0.29, 0.717) is 37.5 Å². The van der Waals surface area contributed by atoms with Gasteiger partial charge in [-0.15, -0.1) is 0 Å². The van der Waals surface area contributed by atoms with Crippen molar-refractivity contribution in [2.75, 3.05) is 39.4 Å².